The molecule has 3 heterocycles. The van der Waals surface area contributed by atoms with Crippen LogP contribution >= 0.6 is 11.3 Å². The number of rotatable bonds is 7. The minimum atomic E-state index is -0.361. The van der Waals surface area contributed by atoms with Gasteiger partial charge >= 0.3 is 0 Å². The lowest BCUT2D eigenvalue weighted by Crippen LogP contribution is -2.10. The number of nitrogens with one attached hydrogen (secondary N) is 1. The van der Waals surface area contributed by atoms with Gasteiger partial charge in [-0.1, -0.05) is 0 Å². The number of carbonyl (C=O) groups excluding carboxylic acids is 1. The molecule has 148 valence electrons. The van der Waals surface area contributed by atoms with E-state index in [9.17, 15) is 4.79 Å². The number of ether oxygens (including phenoxy) is 2. The molecule has 9 heteroatoms. The Hall–Kier alpha value is -3.59. The van der Waals surface area contributed by atoms with E-state index in [4.69, 9.17) is 13.9 Å². The van der Waals surface area contributed by atoms with Crippen LogP contribution in [0.4, 0.5) is 5.13 Å². The first kappa shape index (κ1) is 18.8. The second-order valence-corrected chi connectivity index (χ2v) is 6.92. The van der Waals surface area contributed by atoms with Gasteiger partial charge in [-0.25, -0.2) is 9.97 Å². The van der Waals surface area contributed by atoms with Gasteiger partial charge in [0.2, 0.25) is 0 Å². The van der Waals surface area contributed by atoms with Crippen LogP contribution in [0.1, 0.15) is 16.3 Å². The van der Waals surface area contributed by atoms with Crippen molar-refractivity contribution in [1.82, 2.24) is 14.5 Å². The predicted molar refractivity (Wildman–Crippen MR) is 109 cm³/mol. The molecular formula is C20H18N4O4S. The molecule has 1 amide bonds. The van der Waals surface area contributed by atoms with E-state index in [0.717, 1.165) is 5.56 Å². The van der Waals surface area contributed by atoms with Crippen LogP contribution in [-0.4, -0.2) is 34.7 Å². The number of amides is 1. The average Bonchev–Trinajstić information content (AvgIpc) is 3.50. The number of aromatic nitrogens is 3. The molecule has 0 atom stereocenters. The topological polar surface area (TPSA) is 91.4 Å². The molecule has 3 aromatic heterocycles. The second kappa shape index (κ2) is 8.19. The van der Waals surface area contributed by atoms with Crippen molar-refractivity contribution in [1.29, 1.82) is 0 Å². The molecule has 0 saturated heterocycles. The molecule has 0 aliphatic rings. The number of thiazole rings is 1. The minimum Gasteiger partial charge on any atom is -0.497 e. The molecule has 0 aliphatic heterocycles. The number of anilines is 1. The Kier molecular flexibility index (Phi) is 5.30. The molecule has 1 N–H and O–H groups in total. The molecule has 0 fully saturated rings. The molecule has 29 heavy (non-hydrogen) atoms. The van der Waals surface area contributed by atoms with Crippen molar-refractivity contribution in [2.24, 2.45) is 0 Å². The highest BCUT2D eigenvalue weighted by molar-refractivity contribution is 7.14. The number of hydrogen-bond acceptors (Lipinski definition) is 7. The lowest BCUT2D eigenvalue weighted by Gasteiger charge is -2.08. The van der Waals surface area contributed by atoms with E-state index < -0.39 is 0 Å². The van der Waals surface area contributed by atoms with E-state index in [1.165, 1.54) is 11.3 Å². The highest BCUT2D eigenvalue weighted by atomic mass is 32.1. The van der Waals surface area contributed by atoms with Crippen LogP contribution in [0.2, 0.25) is 0 Å². The van der Waals surface area contributed by atoms with Crippen molar-refractivity contribution in [2.45, 2.75) is 6.54 Å². The van der Waals surface area contributed by atoms with Gasteiger partial charge in [-0.15, -0.1) is 11.3 Å². The van der Waals surface area contributed by atoms with Gasteiger partial charge in [0.05, 0.1) is 32.8 Å². The summed E-state index contributed by atoms with van der Waals surface area (Å²) in [7, 11) is 3.20. The quantitative estimate of drug-likeness (QED) is 0.497. The average molecular weight is 410 g/mol. The first-order valence-electron chi connectivity index (χ1n) is 8.70. The summed E-state index contributed by atoms with van der Waals surface area (Å²) in [6, 6.07) is 8.88. The molecule has 0 spiro atoms. The molecule has 0 saturated carbocycles. The summed E-state index contributed by atoms with van der Waals surface area (Å²) in [5, 5.41) is 5.08. The van der Waals surface area contributed by atoms with Crippen molar-refractivity contribution < 1.29 is 18.7 Å². The van der Waals surface area contributed by atoms with E-state index in [1.807, 2.05) is 34.3 Å². The van der Waals surface area contributed by atoms with E-state index in [2.05, 4.69) is 15.3 Å². The summed E-state index contributed by atoms with van der Waals surface area (Å²) in [5.74, 6) is 1.88. The maximum atomic E-state index is 12.5. The van der Waals surface area contributed by atoms with E-state index in [-0.39, 0.29) is 11.7 Å². The first-order chi connectivity index (χ1) is 14.2. The Labute approximate surface area is 170 Å². The largest absolute Gasteiger partial charge is 0.497 e. The van der Waals surface area contributed by atoms with Crippen LogP contribution in [-0.2, 0) is 6.54 Å². The molecule has 0 aliphatic carbocycles. The van der Waals surface area contributed by atoms with Crippen LogP contribution < -0.4 is 14.8 Å². The fourth-order valence-electron chi connectivity index (χ4n) is 2.77. The number of furan rings is 1. The SMILES string of the molecule is COc1ccc(OC)c(-c2csc(NC(=O)c3ccc(Cn4ccnc4)o3)n2)c1. The Balaban J connectivity index is 1.48. The van der Waals surface area contributed by atoms with E-state index in [1.54, 1.807) is 38.9 Å². The molecule has 1 aromatic carbocycles. The fraction of sp³-hybridized carbons (Fsp3) is 0.150. The van der Waals surface area contributed by atoms with Gasteiger partial charge in [-0.05, 0) is 30.3 Å². The van der Waals surface area contributed by atoms with Crippen LogP contribution in [0, 0.1) is 0 Å². The molecule has 0 bridgehead atoms. The minimum absolute atomic E-state index is 0.218. The van der Waals surface area contributed by atoms with Crippen LogP contribution in [0.25, 0.3) is 11.3 Å². The zero-order chi connectivity index (χ0) is 20.2. The standard InChI is InChI=1S/C20H18N4O4S/c1-26-13-3-5-17(27-2)15(9-13)16-11-29-20(22-16)23-19(25)18-6-4-14(28-18)10-24-8-7-21-12-24/h3-9,11-12H,10H2,1-2H3,(H,22,23,25). The predicted octanol–water partition coefficient (Wildman–Crippen LogP) is 3.92. The van der Waals surface area contributed by atoms with Crippen molar-refractivity contribution in [3.05, 3.63) is 66.0 Å². The van der Waals surface area contributed by atoms with Gasteiger partial charge in [-0.3, -0.25) is 10.1 Å². The van der Waals surface area contributed by atoms with Crippen molar-refractivity contribution in [3.8, 4) is 22.8 Å². The van der Waals surface area contributed by atoms with Crippen molar-refractivity contribution in [3.63, 3.8) is 0 Å². The lowest BCUT2D eigenvalue weighted by atomic mass is 10.1. The maximum absolute atomic E-state index is 12.5. The number of methoxy groups -OCH3 is 2. The van der Waals surface area contributed by atoms with Crippen molar-refractivity contribution >= 4 is 22.4 Å². The molecule has 0 unspecified atom stereocenters. The summed E-state index contributed by atoms with van der Waals surface area (Å²) < 4.78 is 18.2. The van der Waals surface area contributed by atoms with Gasteiger partial charge in [0.1, 0.15) is 17.3 Å². The normalized spacial score (nSPS) is 10.7. The molecule has 4 aromatic rings. The Morgan fingerprint density at radius 2 is 2.14 bits per heavy atom. The van der Waals surface area contributed by atoms with E-state index in [0.29, 0.717) is 34.6 Å². The number of carbonyl (C=O) groups is 1. The number of hydrogen-bond donors (Lipinski definition) is 1. The Bertz CT molecular complexity index is 1120. The zero-order valence-corrected chi connectivity index (χ0v) is 16.6. The summed E-state index contributed by atoms with van der Waals surface area (Å²) in [6.07, 6.45) is 5.20. The molecular weight excluding hydrogens is 392 g/mol. The first-order valence-corrected chi connectivity index (χ1v) is 9.58. The third-order valence-electron chi connectivity index (χ3n) is 4.19. The second-order valence-electron chi connectivity index (χ2n) is 6.06. The van der Waals surface area contributed by atoms with Gasteiger partial charge in [-0.2, -0.15) is 0 Å². The van der Waals surface area contributed by atoms with Crippen LogP contribution in [0.3, 0.4) is 0 Å². The number of imidazole rings is 1. The Morgan fingerprint density at radius 1 is 1.24 bits per heavy atom. The van der Waals surface area contributed by atoms with Gasteiger partial charge in [0.25, 0.3) is 5.91 Å². The third-order valence-corrected chi connectivity index (χ3v) is 4.95. The molecule has 0 radical (unpaired) electrons. The third kappa shape index (κ3) is 4.14. The van der Waals surface area contributed by atoms with Gasteiger partial charge in [0.15, 0.2) is 10.9 Å². The van der Waals surface area contributed by atoms with Crippen LogP contribution in [0.15, 0.2) is 58.9 Å². The number of benzene rings is 1. The summed E-state index contributed by atoms with van der Waals surface area (Å²) in [4.78, 5) is 21.0. The van der Waals surface area contributed by atoms with Crippen LogP contribution in [0.5, 0.6) is 11.5 Å². The Morgan fingerprint density at radius 3 is 2.90 bits per heavy atom. The molecule has 8 nitrogen and oxygen atoms in total. The van der Waals surface area contributed by atoms with Gasteiger partial charge in [0, 0.05) is 23.3 Å². The number of nitrogens with zero attached hydrogens (tertiary/aromatic N) is 3. The maximum Gasteiger partial charge on any atom is 0.293 e. The van der Waals surface area contributed by atoms with Crippen molar-refractivity contribution in [2.75, 3.05) is 19.5 Å². The monoisotopic (exact) mass is 410 g/mol. The van der Waals surface area contributed by atoms with E-state index >= 15 is 0 Å². The highest BCUT2D eigenvalue weighted by Gasteiger charge is 2.16. The fourth-order valence-corrected chi connectivity index (χ4v) is 3.48. The summed E-state index contributed by atoms with van der Waals surface area (Å²) in [5.41, 5.74) is 1.46. The smallest absolute Gasteiger partial charge is 0.293 e. The summed E-state index contributed by atoms with van der Waals surface area (Å²) >= 11 is 1.32. The zero-order valence-electron chi connectivity index (χ0n) is 15.8. The van der Waals surface area contributed by atoms with Gasteiger partial charge < -0.3 is 18.5 Å². The molecule has 4 rings (SSSR count). The lowest BCUT2D eigenvalue weighted by molar-refractivity contribution is 0.0994. The highest BCUT2D eigenvalue weighted by Crippen LogP contribution is 2.35. The summed E-state index contributed by atoms with van der Waals surface area (Å²) in [6.45, 7) is 0.504.